The summed E-state index contributed by atoms with van der Waals surface area (Å²) >= 11 is 0.998. The van der Waals surface area contributed by atoms with Crippen LogP contribution in [0.4, 0.5) is 19.7 Å². The van der Waals surface area contributed by atoms with Crippen molar-refractivity contribution in [2.24, 2.45) is 5.92 Å². The molecule has 0 amide bonds. The minimum atomic E-state index is -0.521. The molecule has 2 aliphatic heterocycles. The van der Waals surface area contributed by atoms with Gasteiger partial charge in [-0.1, -0.05) is 46.8 Å². The molecule has 10 heteroatoms. The highest BCUT2D eigenvalue weighted by Gasteiger charge is 2.55. The third-order valence-corrected chi connectivity index (χ3v) is 9.76. The number of allylic oxidation sites excluding steroid dienone is 2. The number of nitrogen functional groups attached to an aromatic ring is 1. The Morgan fingerprint density at radius 2 is 1.86 bits per heavy atom. The molecule has 3 aromatic rings. The molecule has 44 heavy (non-hydrogen) atoms. The molecule has 0 spiro atoms. The van der Waals surface area contributed by atoms with Crippen molar-refractivity contribution in [3.8, 4) is 6.07 Å². The quantitative estimate of drug-likeness (QED) is 0.285. The van der Waals surface area contributed by atoms with Gasteiger partial charge < -0.3 is 20.3 Å². The average Bonchev–Trinajstić information content (AvgIpc) is 3.54. The Labute approximate surface area is 264 Å². The van der Waals surface area contributed by atoms with E-state index in [1.165, 1.54) is 18.9 Å². The number of nitrogens with zero attached hydrogens (tertiary/aromatic N) is 5. The first-order valence-corrected chi connectivity index (χ1v) is 16.4. The second-order valence-corrected chi connectivity index (χ2v) is 12.0. The lowest BCUT2D eigenvalue weighted by molar-refractivity contribution is 0.134. The Bertz CT molecular complexity index is 1630. The van der Waals surface area contributed by atoms with E-state index in [-0.39, 0.29) is 38.7 Å². The van der Waals surface area contributed by atoms with E-state index in [4.69, 9.17) is 15.5 Å². The number of fused-ring (bicyclic) bond motifs is 3. The smallest absolute Gasteiger partial charge is 0.225 e. The van der Waals surface area contributed by atoms with Crippen LogP contribution in [0.15, 0.2) is 18.3 Å². The maximum Gasteiger partial charge on any atom is 0.225 e. The van der Waals surface area contributed by atoms with Gasteiger partial charge in [-0.2, -0.15) is 5.26 Å². The second-order valence-electron chi connectivity index (χ2n) is 11.0. The van der Waals surface area contributed by atoms with E-state index in [1.54, 1.807) is 13.1 Å². The first-order chi connectivity index (χ1) is 21.2. The van der Waals surface area contributed by atoms with Crippen molar-refractivity contribution in [3.63, 3.8) is 0 Å². The molecule has 1 saturated heterocycles. The molecule has 7 nitrogen and oxygen atoms in total. The van der Waals surface area contributed by atoms with E-state index in [9.17, 15) is 5.26 Å². The summed E-state index contributed by atoms with van der Waals surface area (Å²) in [6.45, 7) is 13.7. The Hall–Kier alpha value is -3.39. The minimum absolute atomic E-state index is 0.147. The fourth-order valence-electron chi connectivity index (χ4n) is 6.32. The van der Waals surface area contributed by atoms with Crippen molar-refractivity contribution >= 4 is 44.6 Å². The molecule has 0 atom stereocenters. The molecule has 0 radical (unpaired) electrons. The predicted octanol–water partition coefficient (Wildman–Crippen LogP) is 8.07. The van der Waals surface area contributed by atoms with Gasteiger partial charge in [0.15, 0.2) is 5.82 Å². The van der Waals surface area contributed by atoms with Crippen LogP contribution in [-0.4, -0.2) is 47.6 Å². The van der Waals surface area contributed by atoms with Gasteiger partial charge in [-0.3, -0.25) is 0 Å². The molecular weight excluding hydrogens is 578 g/mol. The fourth-order valence-corrected chi connectivity index (χ4v) is 7.32. The Morgan fingerprint density at radius 3 is 2.43 bits per heavy atom. The number of aromatic nitrogens is 2. The number of hydrogen-bond donors (Lipinski definition) is 1. The van der Waals surface area contributed by atoms with Gasteiger partial charge in [0, 0.05) is 47.3 Å². The van der Waals surface area contributed by atoms with Crippen LogP contribution in [0.25, 0.3) is 22.3 Å². The molecule has 0 unspecified atom stereocenters. The van der Waals surface area contributed by atoms with Crippen LogP contribution in [0.3, 0.4) is 0 Å². The van der Waals surface area contributed by atoms with E-state index in [0.29, 0.717) is 47.0 Å². The number of rotatable bonds is 7. The van der Waals surface area contributed by atoms with Crippen molar-refractivity contribution in [1.82, 2.24) is 14.9 Å². The summed E-state index contributed by atoms with van der Waals surface area (Å²) in [4.78, 5) is 14.0. The van der Waals surface area contributed by atoms with Gasteiger partial charge >= 0.3 is 0 Å². The largest absolute Gasteiger partial charge is 0.389 e. The van der Waals surface area contributed by atoms with Gasteiger partial charge in [0.25, 0.3) is 0 Å². The van der Waals surface area contributed by atoms with Crippen LogP contribution in [0, 0.1) is 23.1 Å². The molecule has 4 heterocycles. The van der Waals surface area contributed by atoms with Crippen molar-refractivity contribution in [3.05, 3.63) is 56.9 Å². The van der Waals surface area contributed by atoms with Gasteiger partial charge in [0.1, 0.15) is 22.4 Å². The summed E-state index contributed by atoms with van der Waals surface area (Å²) in [5, 5.41) is 10.8. The number of ether oxygens (including phenoxy) is 1. The molecule has 1 aliphatic carbocycles. The number of thiophene rings is 1. The summed E-state index contributed by atoms with van der Waals surface area (Å²) in [5.41, 5.74) is 9.31. The lowest BCUT2D eigenvalue weighted by Gasteiger charge is -2.46. The van der Waals surface area contributed by atoms with Gasteiger partial charge in [-0.05, 0) is 57.0 Å². The third kappa shape index (κ3) is 5.50. The van der Waals surface area contributed by atoms with Crippen molar-refractivity contribution in [2.75, 3.05) is 37.8 Å². The monoisotopic (exact) mass is 622 g/mol. The van der Waals surface area contributed by atoms with E-state index in [0.717, 1.165) is 30.0 Å². The highest BCUT2D eigenvalue weighted by Crippen LogP contribution is 2.50. The molecule has 1 saturated carbocycles. The molecule has 2 N–H and O–H groups in total. The van der Waals surface area contributed by atoms with Gasteiger partial charge in [0.2, 0.25) is 5.95 Å². The molecule has 236 valence electrons. The lowest BCUT2D eigenvalue weighted by atomic mass is 9.87. The third-order valence-electron chi connectivity index (χ3n) is 8.73. The van der Waals surface area contributed by atoms with Crippen LogP contribution in [0.5, 0.6) is 0 Å². The normalized spacial score (nSPS) is 17.4. The number of halogens is 2. The standard InChI is InChI=1S/C30H32F2N6OS.2C2H6/c1-5-7-17(24-18(10-33)28(34)40-27(24)22(31)6-2)23-21-15-39-14-20(21)19-11-35-29(36-26(19)25(23)32)38-12-16(13-38)30(8-9-30)37(3)4;2*1-2/h6-7,11,16H,5,8-9,12-15,34H2,1-4H3;2*1-2H3/b17-7+,22-6+;;. The summed E-state index contributed by atoms with van der Waals surface area (Å²) < 4.78 is 37.6. The first kappa shape index (κ1) is 33.5. The molecule has 6 rings (SSSR count). The molecule has 1 aromatic carbocycles. The lowest BCUT2D eigenvalue weighted by Crippen LogP contribution is -2.57. The van der Waals surface area contributed by atoms with E-state index in [2.05, 4.69) is 34.9 Å². The van der Waals surface area contributed by atoms with Crippen molar-refractivity contribution in [2.45, 2.75) is 79.6 Å². The molecular formula is C34H44F2N6OS. The Balaban J connectivity index is 0.00000106. The van der Waals surface area contributed by atoms with Gasteiger partial charge in [-0.15, -0.1) is 11.3 Å². The topological polar surface area (TPSA) is 91.3 Å². The number of hydrogen-bond acceptors (Lipinski definition) is 8. The average molecular weight is 623 g/mol. The van der Waals surface area contributed by atoms with Crippen LogP contribution < -0.4 is 10.6 Å². The zero-order chi connectivity index (χ0) is 32.3. The Kier molecular flexibility index (Phi) is 10.4. The maximum atomic E-state index is 16.8. The van der Waals surface area contributed by atoms with E-state index in [1.807, 2.05) is 40.7 Å². The number of benzene rings is 1. The number of anilines is 2. The SMILES string of the molecule is C/C=C(/F)c1sc(N)c(C#N)c1/C(=C/CC)c1c2c(c3cnc(N4CC(C5(N(C)C)CC5)C4)nc3c1F)COC2.CC.CC. The molecule has 2 fully saturated rings. The summed E-state index contributed by atoms with van der Waals surface area (Å²) in [6.07, 6.45) is 7.78. The van der Waals surface area contributed by atoms with Crippen LogP contribution in [0.1, 0.15) is 93.5 Å². The second kappa shape index (κ2) is 13.7. The number of nitriles is 1. The summed E-state index contributed by atoms with van der Waals surface area (Å²) in [6, 6.07) is 2.13. The zero-order valence-corrected chi connectivity index (χ0v) is 28.0. The van der Waals surface area contributed by atoms with Crippen LogP contribution >= 0.6 is 11.3 Å². The predicted molar refractivity (Wildman–Crippen MR) is 178 cm³/mol. The van der Waals surface area contributed by atoms with Crippen molar-refractivity contribution < 1.29 is 13.5 Å². The fraction of sp³-hybridized carbons (Fsp3) is 0.500. The Morgan fingerprint density at radius 1 is 1.20 bits per heavy atom. The van der Waals surface area contributed by atoms with E-state index >= 15 is 8.78 Å². The van der Waals surface area contributed by atoms with Gasteiger partial charge in [-0.25, -0.2) is 18.7 Å². The zero-order valence-electron chi connectivity index (χ0n) is 27.1. The highest BCUT2D eigenvalue weighted by molar-refractivity contribution is 7.17. The molecule has 3 aliphatic rings. The highest BCUT2D eigenvalue weighted by atomic mass is 32.1. The summed E-state index contributed by atoms with van der Waals surface area (Å²) in [5.74, 6) is 0.00354. The van der Waals surface area contributed by atoms with Crippen LogP contribution in [-0.2, 0) is 18.0 Å². The minimum Gasteiger partial charge on any atom is -0.389 e. The first-order valence-electron chi connectivity index (χ1n) is 15.6. The molecule has 0 bridgehead atoms. The maximum absolute atomic E-state index is 16.8. The van der Waals surface area contributed by atoms with Crippen LogP contribution in [0.2, 0.25) is 0 Å². The van der Waals surface area contributed by atoms with Crippen molar-refractivity contribution in [1.29, 1.82) is 5.26 Å². The summed E-state index contributed by atoms with van der Waals surface area (Å²) in [7, 11) is 4.27. The van der Waals surface area contributed by atoms with Gasteiger partial charge in [0.05, 0.1) is 23.7 Å². The van der Waals surface area contributed by atoms with E-state index < -0.39 is 11.6 Å². The molecule has 2 aromatic heterocycles. The number of nitrogens with two attached hydrogens (primary N) is 1.